The Morgan fingerprint density at radius 1 is 1.03 bits per heavy atom. The van der Waals surface area contributed by atoms with Gasteiger partial charge in [0.1, 0.15) is 12.3 Å². The maximum absolute atomic E-state index is 12.6. The summed E-state index contributed by atoms with van der Waals surface area (Å²) in [5.74, 6) is 0.288. The lowest BCUT2D eigenvalue weighted by Gasteiger charge is -2.14. The number of para-hydroxylation sites is 2. The van der Waals surface area contributed by atoms with Gasteiger partial charge in [0, 0.05) is 11.7 Å². The van der Waals surface area contributed by atoms with Crippen molar-refractivity contribution < 1.29 is 14.3 Å². The summed E-state index contributed by atoms with van der Waals surface area (Å²) >= 11 is 5.13. The molecule has 8 heteroatoms. The lowest BCUT2D eigenvalue weighted by Crippen LogP contribution is -2.49. The standard InChI is InChI=1S/C23H26N4O3S/c1-16(2)12-14-30-20-10-6-4-8-18(20)22(29)24-23(31)26-25-21(28)15-27-13-11-17-7-3-5-9-19(17)27/h3-11,13,16H,12,14-15H2,1-2H3,(H,25,28)(H2,24,26,29,31). The number of nitrogens with zero attached hydrogens (tertiary/aromatic N) is 1. The predicted octanol–water partition coefficient (Wildman–Crippen LogP) is 3.40. The molecule has 7 nitrogen and oxygen atoms in total. The van der Waals surface area contributed by atoms with Gasteiger partial charge in [0.05, 0.1) is 12.2 Å². The van der Waals surface area contributed by atoms with Crippen molar-refractivity contribution in [3.05, 3.63) is 66.4 Å². The summed E-state index contributed by atoms with van der Waals surface area (Å²) in [6, 6.07) is 16.7. The number of benzene rings is 2. The number of amides is 2. The predicted molar refractivity (Wildman–Crippen MR) is 125 cm³/mol. The topological polar surface area (TPSA) is 84.4 Å². The van der Waals surface area contributed by atoms with Gasteiger partial charge in [-0.05, 0) is 54.2 Å². The summed E-state index contributed by atoms with van der Waals surface area (Å²) in [7, 11) is 0. The molecule has 1 aromatic heterocycles. The van der Waals surface area contributed by atoms with Gasteiger partial charge in [-0.25, -0.2) is 0 Å². The zero-order valence-corrected chi connectivity index (χ0v) is 18.4. The van der Waals surface area contributed by atoms with E-state index < -0.39 is 5.91 Å². The van der Waals surface area contributed by atoms with Crippen molar-refractivity contribution in [2.75, 3.05) is 6.61 Å². The van der Waals surface area contributed by atoms with E-state index in [4.69, 9.17) is 17.0 Å². The van der Waals surface area contributed by atoms with Gasteiger partial charge in [-0.2, -0.15) is 0 Å². The number of carbonyl (C=O) groups is 2. The lowest BCUT2D eigenvalue weighted by molar-refractivity contribution is -0.122. The van der Waals surface area contributed by atoms with Crippen molar-refractivity contribution in [2.24, 2.45) is 5.92 Å². The molecule has 0 saturated heterocycles. The van der Waals surface area contributed by atoms with Gasteiger partial charge in [-0.1, -0.05) is 44.2 Å². The first-order valence-corrected chi connectivity index (χ1v) is 10.5. The fourth-order valence-corrected chi connectivity index (χ4v) is 3.13. The molecule has 0 saturated carbocycles. The highest BCUT2D eigenvalue weighted by Gasteiger charge is 2.14. The van der Waals surface area contributed by atoms with E-state index in [2.05, 4.69) is 30.0 Å². The number of ether oxygens (including phenoxy) is 1. The third kappa shape index (κ3) is 6.29. The van der Waals surface area contributed by atoms with Gasteiger partial charge in [-0.3, -0.25) is 25.8 Å². The average molecular weight is 439 g/mol. The molecule has 1 heterocycles. The number of hydrogen-bond donors (Lipinski definition) is 3. The van der Waals surface area contributed by atoms with E-state index >= 15 is 0 Å². The number of thiocarbonyl (C=S) groups is 1. The second-order valence-corrected chi connectivity index (χ2v) is 7.89. The molecule has 31 heavy (non-hydrogen) atoms. The zero-order chi connectivity index (χ0) is 22.2. The molecule has 0 atom stereocenters. The summed E-state index contributed by atoms with van der Waals surface area (Å²) in [5, 5.41) is 3.61. The fourth-order valence-electron chi connectivity index (χ4n) is 2.99. The van der Waals surface area contributed by atoms with Gasteiger partial charge in [-0.15, -0.1) is 0 Å². The van der Waals surface area contributed by atoms with E-state index in [-0.39, 0.29) is 17.6 Å². The molecule has 3 N–H and O–H groups in total. The van der Waals surface area contributed by atoms with E-state index in [0.29, 0.717) is 23.8 Å². The molecule has 0 spiro atoms. The van der Waals surface area contributed by atoms with Crippen molar-refractivity contribution >= 4 is 40.0 Å². The summed E-state index contributed by atoms with van der Waals surface area (Å²) in [4.78, 5) is 24.8. The summed E-state index contributed by atoms with van der Waals surface area (Å²) < 4.78 is 7.58. The largest absolute Gasteiger partial charge is 0.493 e. The molecule has 162 valence electrons. The van der Waals surface area contributed by atoms with Crippen molar-refractivity contribution in [1.29, 1.82) is 0 Å². The molecule has 0 radical (unpaired) electrons. The Labute approximate surface area is 186 Å². The van der Waals surface area contributed by atoms with Crippen LogP contribution in [-0.2, 0) is 11.3 Å². The highest BCUT2D eigenvalue weighted by atomic mass is 32.1. The van der Waals surface area contributed by atoms with E-state index in [0.717, 1.165) is 17.3 Å². The molecule has 2 amide bonds. The normalized spacial score (nSPS) is 10.7. The Morgan fingerprint density at radius 3 is 2.58 bits per heavy atom. The van der Waals surface area contributed by atoms with Crippen LogP contribution in [0.5, 0.6) is 5.75 Å². The van der Waals surface area contributed by atoms with Crippen LogP contribution in [0.2, 0.25) is 0 Å². The minimum atomic E-state index is -0.414. The van der Waals surface area contributed by atoms with Crippen LogP contribution in [0.25, 0.3) is 10.9 Å². The Hall–Kier alpha value is -3.39. The van der Waals surface area contributed by atoms with Crippen LogP contribution in [0, 0.1) is 5.92 Å². The summed E-state index contributed by atoms with van der Waals surface area (Å²) in [6.45, 7) is 4.86. The first-order chi connectivity index (χ1) is 14.9. The Morgan fingerprint density at radius 2 is 1.77 bits per heavy atom. The second-order valence-electron chi connectivity index (χ2n) is 7.49. The number of carbonyl (C=O) groups excluding carboxylic acids is 2. The first kappa shape index (κ1) is 22.3. The quantitative estimate of drug-likeness (QED) is 0.389. The minimum Gasteiger partial charge on any atom is -0.493 e. The number of rotatable bonds is 7. The van der Waals surface area contributed by atoms with Crippen LogP contribution in [0.4, 0.5) is 0 Å². The molecule has 3 aromatic rings. The number of nitrogens with one attached hydrogen (secondary N) is 3. The average Bonchev–Trinajstić information content (AvgIpc) is 3.15. The third-order valence-electron chi connectivity index (χ3n) is 4.62. The SMILES string of the molecule is CC(C)CCOc1ccccc1C(=O)NC(=S)NNC(=O)Cn1ccc2ccccc21. The minimum absolute atomic E-state index is 0.00676. The molecule has 0 aliphatic rings. The smallest absolute Gasteiger partial charge is 0.261 e. The van der Waals surface area contributed by atoms with Gasteiger partial charge in [0.2, 0.25) is 0 Å². The van der Waals surface area contributed by atoms with E-state index in [1.54, 1.807) is 18.2 Å². The monoisotopic (exact) mass is 438 g/mol. The van der Waals surface area contributed by atoms with Crippen LogP contribution in [-0.4, -0.2) is 28.1 Å². The molecule has 0 aliphatic carbocycles. The molecule has 3 rings (SSSR count). The Bertz CT molecular complexity index is 1080. The van der Waals surface area contributed by atoms with Gasteiger partial charge < -0.3 is 9.30 Å². The van der Waals surface area contributed by atoms with E-state index in [1.807, 2.05) is 47.2 Å². The van der Waals surface area contributed by atoms with Gasteiger partial charge in [0.15, 0.2) is 5.11 Å². The maximum atomic E-state index is 12.6. The molecule has 0 fully saturated rings. The second kappa shape index (κ2) is 10.6. The Balaban J connectivity index is 1.50. The highest BCUT2D eigenvalue weighted by molar-refractivity contribution is 7.80. The molecule has 0 aliphatic heterocycles. The molecule has 0 unspecified atom stereocenters. The summed E-state index contributed by atoms with van der Waals surface area (Å²) in [6.07, 6.45) is 2.74. The van der Waals surface area contributed by atoms with Crippen molar-refractivity contribution in [1.82, 2.24) is 20.7 Å². The van der Waals surface area contributed by atoms with Crippen LogP contribution >= 0.6 is 12.2 Å². The number of hydrazine groups is 1. The summed E-state index contributed by atoms with van der Waals surface area (Å²) in [5.41, 5.74) is 6.41. The highest BCUT2D eigenvalue weighted by Crippen LogP contribution is 2.18. The van der Waals surface area contributed by atoms with E-state index in [9.17, 15) is 9.59 Å². The first-order valence-electron chi connectivity index (χ1n) is 10.1. The van der Waals surface area contributed by atoms with Crippen LogP contribution in [0.1, 0.15) is 30.6 Å². The van der Waals surface area contributed by atoms with Crippen molar-refractivity contribution in [2.45, 2.75) is 26.8 Å². The van der Waals surface area contributed by atoms with Gasteiger partial charge in [0.25, 0.3) is 11.8 Å². The molecule has 2 aromatic carbocycles. The maximum Gasteiger partial charge on any atom is 0.261 e. The van der Waals surface area contributed by atoms with Gasteiger partial charge >= 0.3 is 0 Å². The zero-order valence-electron chi connectivity index (χ0n) is 17.6. The van der Waals surface area contributed by atoms with E-state index in [1.165, 1.54) is 0 Å². The Kier molecular flexibility index (Phi) is 7.61. The molecule has 0 bridgehead atoms. The third-order valence-corrected chi connectivity index (χ3v) is 4.83. The number of hydrogen-bond acceptors (Lipinski definition) is 4. The van der Waals surface area contributed by atoms with Crippen molar-refractivity contribution in [3.63, 3.8) is 0 Å². The lowest BCUT2D eigenvalue weighted by atomic mass is 10.1. The number of aromatic nitrogens is 1. The van der Waals surface area contributed by atoms with Crippen molar-refractivity contribution in [3.8, 4) is 5.75 Å². The molecular weight excluding hydrogens is 412 g/mol. The fraction of sp³-hybridized carbons (Fsp3) is 0.261. The number of fused-ring (bicyclic) bond motifs is 1. The van der Waals surface area contributed by atoms with Crippen LogP contribution in [0.3, 0.4) is 0 Å². The van der Waals surface area contributed by atoms with Crippen LogP contribution in [0.15, 0.2) is 60.8 Å². The molecular formula is C23H26N4O3S. The van der Waals surface area contributed by atoms with Crippen LogP contribution < -0.4 is 20.9 Å².